The molecule has 0 aliphatic rings. The number of hydrogen-bond acceptors (Lipinski definition) is 6. The molecule has 0 aliphatic heterocycles. The summed E-state index contributed by atoms with van der Waals surface area (Å²) in [6.07, 6.45) is 0. The van der Waals surface area contributed by atoms with E-state index in [1.165, 1.54) is 6.92 Å². The predicted octanol–water partition coefficient (Wildman–Crippen LogP) is 5.45. The average molecular weight is 446 g/mol. The molecule has 6 nitrogen and oxygen atoms in total. The first-order chi connectivity index (χ1) is 13.9. The lowest BCUT2D eigenvalue weighted by molar-refractivity contribution is -0.118. The number of benzene rings is 2. The van der Waals surface area contributed by atoms with Crippen LogP contribution in [0.4, 0.5) is 11.4 Å². The first-order valence-electron chi connectivity index (χ1n) is 8.68. The number of thiophene rings is 1. The van der Waals surface area contributed by atoms with Crippen molar-refractivity contribution in [3.8, 4) is 5.75 Å². The van der Waals surface area contributed by atoms with E-state index < -0.39 is 0 Å². The molecule has 0 spiro atoms. The van der Waals surface area contributed by atoms with Crippen molar-refractivity contribution in [1.82, 2.24) is 4.98 Å². The molecule has 2 amide bonds. The van der Waals surface area contributed by atoms with Gasteiger partial charge in [-0.2, -0.15) is 0 Å². The summed E-state index contributed by atoms with van der Waals surface area (Å²) in [5.41, 5.74) is 1.92. The molecule has 0 fully saturated rings. The Hall–Kier alpha value is -2.68. The Morgan fingerprint density at radius 3 is 2.83 bits per heavy atom. The van der Waals surface area contributed by atoms with Gasteiger partial charge in [0.25, 0.3) is 5.91 Å². The third-order valence-electron chi connectivity index (χ3n) is 4.09. The maximum absolute atomic E-state index is 12.4. The van der Waals surface area contributed by atoms with Crippen LogP contribution in [0.2, 0.25) is 5.02 Å². The van der Waals surface area contributed by atoms with Crippen LogP contribution in [0, 0.1) is 6.92 Å². The zero-order valence-corrected chi connectivity index (χ0v) is 17.9. The molecule has 0 saturated heterocycles. The predicted molar refractivity (Wildman–Crippen MR) is 120 cm³/mol. The van der Waals surface area contributed by atoms with E-state index in [2.05, 4.69) is 15.6 Å². The number of ether oxygens (including phenoxy) is 1. The maximum Gasteiger partial charge on any atom is 0.262 e. The lowest BCUT2D eigenvalue weighted by Gasteiger charge is -2.11. The standard InChI is InChI=1S/C20H16ClN3O3S2/c1-10(25)22-12-3-4-14(21)15(7-12)24-18(26)9-27-16-8-17-19(23-11(2)29-17)20-13(16)5-6-28-20/h3-8H,9H2,1-2H3,(H,22,25)(H,24,26). The van der Waals surface area contributed by atoms with Crippen LogP contribution in [-0.2, 0) is 9.59 Å². The highest BCUT2D eigenvalue weighted by Crippen LogP contribution is 2.38. The van der Waals surface area contributed by atoms with Crippen LogP contribution < -0.4 is 15.4 Å². The van der Waals surface area contributed by atoms with Gasteiger partial charge in [0.2, 0.25) is 5.91 Å². The minimum Gasteiger partial charge on any atom is -0.483 e. The highest BCUT2D eigenvalue weighted by atomic mass is 35.5. The van der Waals surface area contributed by atoms with E-state index in [-0.39, 0.29) is 18.4 Å². The number of carbonyl (C=O) groups is 2. The van der Waals surface area contributed by atoms with Crippen LogP contribution in [0.5, 0.6) is 5.75 Å². The van der Waals surface area contributed by atoms with E-state index in [0.29, 0.717) is 22.1 Å². The van der Waals surface area contributed by atoms with Crippen molar-refractivity contribution in [2.75, 3.05) is 17.2 Å². The van der Waals surface area contributed by atoms with Crippen molar-refractivity contribution >= 4 is 77.8 Å². The molecule has 0 aliphatic carbocycles. The van der Waals surface area contributed by atoms with Crippen LogP contribution in [0.3, 0.4) is 0 Å². The summed E-state index contributed by atoms with van der Waals surface area (Å²) in [4.78, 5) is 28.2. The molecule has 2 heterocycles. The Bertz CT molecular complexity index is 1250. The van der Waals surface area contributed by atoms with Gasteiger partial charge in [-0.3, -0.25) is 9.59 Å². The second-order valence-corrected chi connectivity index (χ2v) is 8.89. The fraction of sp³-hybridized carbons (Fsp3) is 0.150. The van der Waals surface area contributed by atoms with E-state index in [9.17, 15) is 9.59 Å². The zero-order chi connectivity index (χ0) is 20.5. The number of amides is 2. The first kappa shape index (κ1) is 19.6. The van der Waals surface area contributed by atoms with Crippen molar-refractivity contribution in [1.29, 1.82) is 0 Å². The molecule has 2 N–H and O–H groups in total. The fourth-order valence-electron chi connectivity index (χ4n) is 2.94. The Labute approximate surface area is 179 Å². The quantitative estimate of drug-likeness (QED) is 0.428. The van der Waals surface area contributed by atoms with Gasteiger partial charge >= 0.3 is 0 Å². The number of carbonyl (C=O) groups excluding carboxylic acids is 2. The summed E-state index contributed by atoms with van der Waals surface area (Å²) in [7, 11) is 0. The zero-order valence-electron chi connectivity index (χ0n) is 15.5. The molecule has 4 aromatic rings. The Morgan fingerprint density at radius 1 is 1.21 bits per heavy atom. The first-order valence-corrected chi connectivity index (χ1v) is 10.8. The molecule has 29 heavy (non-hydrogen) atoms. The minimum atomic E-state index is -0.351. The number of aromatic nitrogens is 1. The lowest BCUT2D eigenvalue weighted by atomic mass is 10.2. The molecule has 2 aromatic carbocycles. The van der Waals surface area contributed by atoms with Crippen LogP contribution in [0.15, 0.2) is 35.7 Å². The highest BCUT2D eigenvalue weighted by molar-refractivity contribution is 7.21. The molecule has 0 bridgehead atoms. The molecule has 0 atom stereocenters. The highest BCUT2D eigenvalue weighted by Gasteiger charge is 2.14. The molecule has 148 valence electrons. The van der Waals surface area contributed by atoms with Crippen LogP contribution in [0.1, 0.15) is 11.9 Å². The lowest BCUT2D eigenvalue weighted by Crippen LogP contribution is -2.20. The molecule has 9 heteroatoms. The van der Waals surface area contributed by atoms with Gasteiger partial charge in [0, 0.05) is 24.1 Å². The van der Waals surface area contributed by atoms with Crippen molar-refractivity contribution < 1.29 is 14.3 Å². The van der Waals surface area contributed by atoms with E-state index in [1.807, 2.05) is 24.4 Å². The second kappa shape index (κ2) is 7.98. The van der Waals surface area contributed by atoms with Crippen molar-refractivity contribution in [3.63, 3.8) is 0 Å². The molecule has 0 radical (unpaired) electrons. The van der Waals surface area contributed by atoms with Gasteiger partial charge in [-0.15, -0.1) is 22.7 Å². The summed E-state index contributed by atoms with van der Waals surface area (Å²) in [6.45, 7) is 3.21. The van der Waals surface area contributed by atoms with Gasteiger partial charge in [-0.1, -0.05) is 11.6 Å². The van der Waals surface area contributed by atoms with Crippen molar-refractivity contribution in [2.45, 2.75) is 13.8 Å². The average Bonchev–Trinajstić information content (AvgIpc) is 3.27. The van der Waals surface area contributed by atoms with E-state index in [1.54, 1.807) is 40.9 Å². The summed E-state index contributed by atoms with van der Waals surface area (Å²) in [6, 6.07) is 8.76. The van der Waals surface area contributed by atoms with E-state index in [4.69, 9.17) is 16.3 Å². The molecular formula is C20H16ClN3O3S2. The third-order valence-corrected chi connectivity index (χ3v) is 6.26. The topological polar surface area (TPSA) is 80.3 Å². The number of aryl methyl sites for hydroxylation is 1. The molecule has 2 aromatic heterocycles. The van der Waals surface area contributed by atoms with Gasteiger partial charge in [0.15, 0.2) is 6.61 Å². The van der Waals surface area contributed by atoms with Gasteiger partial charge in [-0.25, -0.2) is 4.98 Å². The number of nitrogens with zero attached hydrogens (tertiary/aromatic N) is 1. The largest absolute Gasteiger partial charge is 0.483 e. The summed E-state index contributed by atoms with van der Waals surface area (Å²) >= 11 is 9.35. The fourth-order valence-corrected chi connectivity index (χ4v) is 4.94. The van der Waals surface area contributed by atoms with Crippen LogP contribution >= 0.6 is 34.3 Å². The Morgan fingerprint density at radius 2 is 2.03 bits per heavy atom. The number of nitrogens with one attached hydrogen (secondary N) is 2. The third kappa shape index (κ3) is 4.19. The van der Waals surface area contributed by atoms with E-state index >= 15 is 0 Å². The van der Waals surface area contributed by atoms with E-state index in [0.717, 1.165) is 25.3 Å². The monoisotopic (exact) mass is 445 g/mol. The molecule has 4 rings (SSSR count). The van der Waals surface area contributed by atoms with Crippen molar-refractivity contribution in [2.24, 2.45) is 0 Å². The molecular weight excluding hydrogens is 430 g/mol. The number of hydrogen-bond donors (Lipinski definition) is 2. The summed E-state index contributed by atoms with van der Waals surface area (Å²) < 4.78 is 7.90. The normalized spacial score (nSPS) is 11.0. The van der Waals surface area contributed by atoms with Crippen molar-refractivity contribution in [3.05, 3.63) is 45.7 Å². The summed E-state index contributed by atoms with van der Waals surface area (Å²) in [5.74, 6) is 0.0860. The second-order valence-electron chi connectivity index (χ2n) is 6.33. The number of thiazole rings is 1. The number of fused-ring (bicyclic) bond motifs is 3. The number of rotatable bonds is 5. The minimum absolute atomic E-state index is 0.172. The molecule has 0 saturated carbocycles. The Kier molecular flexibility index (Phi) is 5.40. The van der Waals surface area contributed by atoms with Gasteiger partial charge in [0.1, 0.15) is 5.75 Å². The van der Waals surface area contributed by atoms with Crippen LogP contribution in [0.25, 0.3) is 20.3 Å². The summed E-state index contributed by atoms with van der Waals surface area (Å²) in [5, 5.41) is 9.65. The van der Waals surface area contributed by atoms with Crippen LogP contribution in [-0.4, -0.2) is 23.4 Å². The number of halogens is 1. The van der Waals surface area contributed by atoms with Gasteiger partial charge < -0.3 is 15.4 Å². The molecule has 0 unspecified atom stereocenters. The smallest absolute Gasteiger partial charge is 0.262 e. The maximum atomic E-state index is 12.4. The number of anilines is 2. The Balaban J connectivity index is 1.51. The van der Waals surface area contributed by atoms with Gasteiger partial charge in [0.05, 0.1) is 30.6 Å². The van der Waals surface area contributed by atoms with Gasteiger partial charge in [-0.05, 0) is 36.6 Å². The SMILES string of the molecule is CC(=O)Nc1ccc(Cl)c(NC(=O)COc2cc3sc(C)nc3c3sccc23)c1.